The Morgan fingerprint density at radius 3 is 2.47 bits per heavy atom. The molecule has 19 heavy (non-hydrogen) atoms. The number of hydrogen-bond donors (Lipinski definition) is 2. The molecule has 2 N–H and O–H groups in total. The van der Waals surface area contributed by atoms with Gasteiger partial charge in [-0.05, 0) is 37.4 Å². The Balaban J connectivity index is 2.46. The number of ether oxygens (including phenoxy) is 1. The zero-order chi connectivity index (χ0) is 14.1. The lowest BCUT2D eigenvalue weighted by Gasteiger charge is -2.24. The van der Waals surface area contributed by atoms with Crippen molar-refractivity contribution in [2.75, 3.05) is 26.8 Å². The van der Waals surface area contributed by atoms with Gasteiger partial charge in [-0.3, -0.25) is 0 Å². The number of rotatable bonds is 9. The second-order valence-electron chi connectivity index (χ2n) is 5.21. The van der Waals surface area contributed by atoms with Crippen LogP contribution in [0.5, 0.6) is 0 Å². The van der Waals surface area contributed by atoms with Crippen molar-refractivity contribution in [2.45, 2.75) is 38.7 Å². The fraction of sp³-hybridized carbons (Fsp3) is 0.625. The van der Waals surface area contributed by atoms with Crippen LogP contribution >= 0.6 is 0 Å². The summed E-state index contributed by atoms with van der Waals surface area (Å²) in [5, 5.41) is 13.8. The first-order valence-electron chi connectivity index (χ1n) is 7.11. The Kier molecular flexibility index (Phi) is 7.06. The first-order valence-corrected chi connectivity index (χ1v) is 7.11. The monoisotopic (exact) mass is 265 g/mol. The Bertz CT molecular complexity index is 346. The second-order valence-corrected chi connectivity index (χ2v) is 5.21. The molecule has 3 heteroatoms. The number of aliphatic hydroxyl groups is 1. The maximum Gasteiger partial charge on any atom is 0.0880 e. The number of hydrogen-bond acceptors (Lipinski definition) is 3. The minimum Gasteiger partial charge on any atom is -0.385 e. The highest BCUT2D eigenvalue weighted by Crippen LogP contribution is 2.24. The van der Waals surface area contributed by atoms with Crippen molar-refractivity contribution in [2.24, 2.45) is 0 Å². The van der Waals surface area contributed by atoms with Gasteiger partial charge in [-0.15, -0.1) is 0 Å². The van der Waals surface area contributed by atoms with E-state index in [-0.39, 0.29) is 0 Å². The van der Waals surface area contributed by atoms with Gasteiger partial charge in [0.05, 0.1) is 12.2 Å². The van der Waals surface area contributed by atoms with Crippen LogP contribution in [0.25, 0.3) is 0 Å². The fourth-order valence-corrected chi connectivity index (χ4v) is 2.09. The normalized spacial score (nSPS) is 14.3. The summed E-state index contributed by atoms with van der Waals surface area (Å²) >= 11 is 0. The molecule has 1 unspecified atom stereocenters. The van der Waals surface area contributed by atoms with Gasteiger partial charge in [0.2, 0.25) is 0 Å². The van der Waals surface area contributed by atoms with Crippen LogP contribution < -0.4 is 5.32 Å². The van der Waals surface area contributed by atoms with Gasteiger partial charge in [0, 0.05) is 13.7 Å². The number of methoxy groups -OCH3 is 1. The highest BCUT2D eigenvalue weighted by atomic mass is 16.5. The average molecular weight is 265 g/mol. The molecule has 1 rings (SSSR count). The average Bonchev–Trinajstić information content (AvgIpc) is 2.39. The summed E-state index contributed by atoms with van der Waals surface area (Å²) in [5.74, 6) is 0. The van der Waals surface area contributed by atoms with Gasteiger partial charge >= 0.3 is 0 Å². The molecule has 0 spiro atoms. The summed E-state index contributed by atoms with van der Waals surface area (Å²) in [6, 6.07) is 8.32. The summed E-state index contributed by atoms with van der Waals surface area (Å²) in [6.07, 6.45) is 2.95. The fourth-order valence-electron chi connectivity index (χ4n) is 2.09. The van der Waals surface area contributed by atoms with Crippen molar-refractivity contribution in [1.82, 2.24) is 5.32 Å². The molecule has 0 radical (unpaired) electrons. The lowest BCUT2D eigenvalue weighted by Crippen LogP contribution is -2.29. The molecule has 0 aliphatic heterocycles. The molecule has 3 nitrogen and oxygen atoms in total. The van der Waals surface area contributed by atoms with Gasteiger partial charge in [-0.25, -0.2) is 0 Å². The molecule has 0 amide bonds. The maximum absolute atomic E-state index is 10.5. The molecule has 1 aromatic carbocycles. The van der Waals surface area contributed by atoms with E-state index in [1.165, 1.54) is 5.56 Å². The predicted molar refractivity (Wildman–Crippen MR) is 79.4 cm³/mol. The van der Waals surface area contributed by atoms with Gasteiger partial charge in [0.15, 0.2) is 0 Å². The molecule has 108 valence electrons. The zero-order valence-corrected chi connectivity index (χ0v) is 12.4. The number of benzene rings is 1. The zero-order valence-electron chi connectivity index (χ0n) is 12.4. The van der Waals surface area contributed by atoms with Crippen LogP contribution in [0, 0.1) is 0 Å². The minimum absolute atomic E-state index is 0.698. The lowest BCUT2D eigenvalue weighted by atomic mass is 9.91. The summed E-state index contributed by atoms with van der Waals surface area (Å²) in [6.45, 7) is 6.36. The van der Waals surface area contributed by atoms with Crippen LogP contribution in [0.3, 0.4) is 0 Å². The molecule has 0 bridgehead atoms. The van der Waals surface area contributed by atoms with E-state index in [4.69, 9.17) is 4.74 Å². The van der Waals surface area contributed by atoms with Crippen LogP contribution in [0.4, 0.5) is 0 Å². The first-order chi connectivity index (χ1) is 9.10. The molecule has 1 atom stereocenters. The summed E-state index contributed by atoms with van der Waals surface area (Å²) in [4.78, 5) is 0. The second kappa shape index (κ2) is 8.31. The van der Waals surface area contributed by atoms with E-state index in [1.807, 2.05) is 19.1 Å². The third-order valence-corrected chi connectivity index (χ3v) is 3.39. The summed E-state index contributed by atoms with van der Waals surface area (Å²) < 4.78 is 4.97. The van der Waals surface area contributed by atoms with Crippen molar-refractivity contribution in [3.05, 3.63) is 35.4 Å². The molecule has 0 aliphatic rings. The molecule has 0 fully saturated rings. The van der Waals surface area contributed by atoms with E-state index in [0.29, 0.717) is 13.0 Å². The smallest absolute Gasteiger partial charge is 0.0880 e. The van der Waals surface area contributed by atoms with Gasteiger partial charge in [-0.2, -0.15) is 0 Å². The van der Waals surface area contributed by atoms with Crippen LogP contribution in [0.2, 0.25) is 0 Å². The van der Waals surface area contributed by atoms with Crippen molar-refractivity contribution in [3.8, 4) is 0 Å². The van der Waals surface area contributed by atoms with E-state index in [2.05, 4.69) is 24.4 Å². The minimum atomic E-state index is -0.773. The van der Waals surface area contributed by atoms with Crippen molar-refractivity contribution in [3.63, 3.8) is 0 Å². The standard InChI is InChI=1S/C16H27NO2/c1-4-5-14-6-8-15(9-7-14)16(2,18)10-11-17-12-13-19-3/h6-9,17-18H,4-5,10-13H2,1-3H3. The predicted octanol–water partition coefficient (Wildman–Crippen LogP) is 2.47. The Hall–Kier alpha value is -0.900. The lowest BCUT2D eigenvalue weighted by molar-refractivity contribution is 0.0475. The third-order valence-electron chi connectivity index (χ3n) is 3.39. The van der Waals surface area contributed by atoms with Gasteiger partial charge < -0.3 is 15.2 Å². The molecule has 0 aliphatic carbocycles. The quantitative estimate of drug-likeness (QED) is 0.674. The Morgan fingerprint density at radius 1 is 1.21 bits per heavy atom. The van der Waals surface area contributed by atoms with Crippen LogP contribution in [0.15, 0.2) is 24.3 Å². The van der Waals surface area contributed by atoms with Gasteiger partial charge in [0.1, 0.15) is 0 Å². The van der Waals surface area contributed by atoms with Crippen molar-refractivity contribution >= 4 is 0 Å². The van der Waals surface area contributed by atoms with E-state index in [0.717, 1.165) is 31.5 Å². The highest BCUT2D eigenvalue weighted by Gasteiger charge is 2.22. The molecule has 0 saturated heterocycles. The van der Waals surface area contributed by atoms with E-state index in [9.17, 15) is 5.11 Å². The van der Waals surface area contributed by atoms with E-state index >= 15 is 0 Å². The number of aryl methyl sites for hydroxylation is 1. The Morgan fingerprint density at radius 2 is 1.89 bits per heavy atom. The third kappa shape index (κ3) is 5.72. The Labute approximate surface area is 117 Å². The van der Waals surface area contributed by atoms with E-state index < -0.39 is 5.60 Å². The van der Waals surface area contributed by atoms with Gasteiger partial charge in [-0.1, -0.05) is 37.6 Å². The van der Waals surface area contributed by atoms with Crippen molar-refractivity contribution in [1.29, 1.82) is 0 Å². The molecule has 0 heterocycles. The number of nitrogens with one attached hydrogen (secondary N) is 1. The summed E-state index contributed by atoms with van der Waals surface area (Å²) in [5.41, 5.74) is 1.55. The largest absolute Gasteiger partial charge is 0.385 e. The maximum atomic E-state index is 10.5. The molecular weight excluding hydrogens is 238 g/mol. The summed E-state index contributed by atoms with van der Waals surface area (Å²) in [7, 11) is 1.69. The molecule has 0 saturated carbocycles. The topological polar surface area (TPSA) is 41.5 Å². The highest BCUT2D eigenvalue weighted by molar-refractivity contribution is 5.26. The van der Waals surface area contributed by atoms with Crippen molar-refractivity contribution < 1.29 is 9.84 Å². The SMILES string of the molecule is CCCc1ccc(C(C)(O)CCNCCOC)cc1. The van der Waals surface area contributed by atoms with E-state index in [1.54, 1.807) is 7.11 Å². The first kappa shape index (κ1) is 16.2. The van der Waals surface area contributed by atoms with Crippen LogP contribution in [0.1, 0.15) is 37.8 Å². The van der Waals surface area contributed by atoms with Gasteiger partial charge in [0.25, 0.3) is 0 Å². The van der Waals surface area contributed by atoms with Crippen LogP contribution in [-0.4, -0.2) is 31.9 Å². The molecule has 0 aromatic heterocycles. The molecular formula is C16H27NO2. The van der Waals surface area contributed by atoms with Crippen LogP contribution in [-0.2, 0) is 16.8 Å². The molecule has 1 aromatic rings.